The van der Waals surface area contributed by atoms with Gasteiger partial charge >= 0.3 is 6.55 Å². The van der Waals surface area contributed by atoms with Gasteiger partial charge in [-0.25, -0.2) is 4.68 Å². The van der Waals surface area contributed by atoms with E-state index in [2.05, 4.69) is 30.9 Å². The summed E-state index contributed by atoms with van der Waals surface area (Å²) in [6.07, 6.45) is 3.87. The van der Waals surface area contributed by atoms with Crippen LogP contribution in [-0.4, -0.2) is 42.2 Å². The van der Waals surface area contributed by atoms with Crippen LogP contribution in [0.15, 0.2) is 18.3 Å². The zero-order chi connectivity index (χ0) is 22.1. The van der Waals surface area contributed by atoms with Crippen molar-refractivity contribution in [1.29, 1.82) is 0 Å². The van der Waals surface area contributed by atoms with E-state index in [1.165, 1.54) is 6.20 Å². The highest BCUT2D eigenvalue weighted by molar-refractivity contribution is 5.86. The number of aryl methyl sites for hydroxylation is 1. The van der Waals surface area contributed by atoms with Crippen LogP contribution in [0.5, 0.6) is 0 Å². The van der Waals surface area contributed by atoms with Gasteiger partial charge in [0.05, 0.1) is 5.52 Å². The topological polar surface area (TPSA) is 153 Å². The molecule has 1 aliphatic rings. The fourth-order valence-corrected chi connectivity index (χ4v) is 3.82. The molecular formula is C19H25F2N9O. The smallest absolute Gasteiger partial charge is 0.333 e. The molecule has 0 aliphatic heterocycles. The van der Waals surface area contributed by atoms with Gasteiger partial charge in [0.15, 0.2) is 12.0 Å². The van der Waals surface area contributed by atoms with Gasteiger partial charge in [0.25, 0.3) is 0 Å². The zero-order valence-electron chi connectivity index (χ0n) is 17.0. The van der Waals surface area contributed by atoms with E-state index in [4.69, 9.17) is 11.5 Å². The number of benzene rings is 1. The van der Waals surface area contributed by atoms with Crippen LogP contribution >= 0.6 is 0 Å². The first-order chi connectivity index (χ1) is 14.8. The fraction of sp³-hybridized carbons (Fsp3) is 0.474. The van der Waals surface area contributed by atoms with Crippen LogP contribution in [0.2, 0.25) is 0 Å². The molecule has 0 bridgehead atoms. The van der Waals surface area contributed by atoms with Gasteiger partial charge in [0.2, 0.25) is 5.95 Å². The second-order valence-corrected chi connectivity index (χ2v) is 7.75. The van der Waals surface area contributed by atoms with E-state index < -0.39 is 12.8 Å². The van der Waals surface area contributed by atoms with Crippen LogP contribution in [0.25, 0.3) is 10.9 Å². The van der Waals surface area contributed by atoms with Gasteiger partial charge in [-0.3, -0.25) is 0 Å². The fourth-order valence-electron chi connectivity index (χ4n) is 3.82. The minimum absolute atomic E-state index is 0.0106. The van der Waals surface area contributed by atoms with Crippen molar-refractivity contribution in [3.63, 3.8) is 0 Å². The first kappa shape index (κ1) is 21.3. The molecular weight excluding hydrogens is 408 g/mol. The van der Waals surface area contributed by atoms with Crippen molar-refractivity contribution in [2.24, 2.45) is 11.5 Å². The Morgan fingerprint density at radius 1 is 1.23 bits per heavy atom. The predicted molar refractivity (Wildman–Crippen MR) is 112 cm³/mol. The molecule has 1 aromatic carbocycles. The number of rotatable bonds is 6. The Balaban J connectivity index is 1.64. The Kier molecular flexibility index (Phi) is 5.94. The molecule has 4 rings (SSSR count). The van der Waals surface area contributed by atoms with Crippen molar-refractivity contribution in [3.05, 3.63) is 29.6 Å². The number of nitrogens with zero attached hydrogens (tertiary/aromatic N) is 5. The van der Waals surface area contributed by atoms with E-state index in [1.54, 1.807) is 19.1 Å². The molecule has 1 saturated carbocycles. The highest BCUT2D eigenvalue weighted by Crippen LogP contribution is 2.28. The third-order valence-electron chi connectivity index (χ3n) is 5.44. The summed E-state index contributed by atoms with van der Waals surface area (Å²) in [6.45, 7) is -0.938. The SMILES string of the molecule is Cc1cc(Nc2nc(N[C@@H]3CCCC[C@@H]3N)nnc2C(N)O)cc2nn(C(F)F)cc12. The average Bonchev–Trinajstić information content (AvgIpc) is 3.15. The van der Waals surface area contributed by atoms with Crippen LogP contribution in [-0.2, 0) is 0 Å². The maximum Gasteiger partial charge on any atom is 0.333 e. The number of aromatic nitrogens is 5. The summed E-state index contributed by atoms with van der Waals surface area (Å²) < 4.78 is 26.6. The van der Waals surface area contributed by atoms with Crippen molar-refractivity contribution in [2.45, 2.75) is 57.5 Å². The monoisotopic (exact) mass is 433 g/mol. The summed E-state index contributed by atoms with van der Waals surface area (Å²) in [6, 6.07) is 3.39. The second kappa shape index (κ2) is 8.65. The summed E-state index contributed by atoms with van der Waals surface area (Å²) in [5, 5.41) is 28.7. The third kappa shape index (κ3) is 4.55. The van der Waals surface area contributed by atoms with E-state index in [0.717, 1.165) is 31.2 Å². The standard InChI is InChI=1S/C19H25F2N9O/c1-9-6-10(7-14-11(9)8-30(29-14)18(20)21)24-17-15(16(23)31)27-28-19(26-17)25-13-5-3-2-4-12(13)22/h6-8,12-13,16,18,31H,2-5,22-23H2,1H3,(H2,24,25,26,28)/t12-,13+,16?/m0/s1. The first-order valence-corrected chi connectivity index (χ1v) is 10.1. The van der Waals surface area contributed by atoms with Crippen molar-refractivity contribution < 1.29 is 13.9 Å². The minimum atomic E-state index is -2.73. The lowest BCUT2D eigenvalue weighted by molar-refractivity contribution is 0.0573. The molecule has 10 nitrogen and oxygen atoms in total. The maximum absolute atomic E-state index is 13.0. The summed E-state index contributed by atoms with van der Waals surface area (Å²) in [7, 11) is 0. The van der Waals surface area contributed by atoms with Gasteiger partial charge in [0.1, 0.15) is 5.69 Å². The predicted octanol–water partition coefficient (Wildman–Crippen LogP) is 2.30. The minimum Gasteiger partial charge on any atom is -0.373 e. The van der Waals surface area contributed by atoms with Crippen molar-refractivity contribution in [3.8, 4) is 0 Å². The molecule has 0 saturated heterocycles. The molecule has 1 fully saturated rings. The van der Waals surface area contributed by atoms with Crippen LogP contribution in [0.1, 0.15) is 49.7 Å². The van der Waals surface area contributed by atoms with Gasteiger partial charge in [-0.2, -0.15) is 18.9 Å². The molecule has 31 heavy (non-hydrogen) atoms. The molecule has 3 atom stereocenters. The first-order valence-electron chi connectivity index (χ1n) is 10.1. The van der Waals surface area contributed by atoms with Gasteiger partial charge in [-0.1, -0.05) is 12.8 Å². The number of halogens is 2. The molecule has 3 aromatic rings. The van der Waals surface area contributed by atoms with E-state index >= 15 is 0 Å². The summed E-state index contributed by atoms with van der Waals surface area (Å²) >= 11 is 0. The highest BCUT2D eigenvalue weighted by atomic mass is 19.3. The third-order valence-corrected chi connectivity index (χ3v) is 5.44. The number of alkyl halides is 2. The number of hydrogen-bond donors (Lipinski definition) is 5. The number of hydrogen-bond acceptors (Lipinski definition) is 9. The Hall–Kier alpha value is -2.96. The Bertz CT molecular complexity index is 1070. The lowest BCUT2D eigenvalue weighted by atomic mass is 9.91. The number of aliphatic hydroxyl groups excluding tert-OH is 1. The lowest BCUT2D eigenvalue weighted by Gasteiger charge is -2.29. The Morgan fingerprint density at radius 3 is 2.71 bits per heavy atom. The van der Waals surface area contributed by atoms with Crippen LogP contribution in [0.4, 0.5) is 26.2 Å². The number of fused-ring (bicyclic) bond motifs is 1. The molecule has 7 N–H and O–H groups in total. The van der Waals surface area contributed by atoms with E-state index in [0.29, 0.717) is 21.3 Å². The molecule has 0 amide bonds. The van der Waals surface area contributed by atoms with Crippen LogP contribution in [0.3, 0.4) is 0 Å². The van der Waals surface area contributed by atoms with Crippen molar-refractivity contribution in [2.75, 3.05) is 10.6 Å². The Morgan fingerprint density at radius 2 is 2.00 bits per heavy atom. The molecule has 0 spiro atoms. The molecule has 12 heteroatoms. The number of nitrogens with one attached hydrogen (secondary N) is 2. The quantitative estimate of drug-likeness (QED) is 0.369. The molecule has 2 heterocycles. The average molecular weight is 433 g/mol. The molecule has 0 radical (unpaired) electrons. The number of nitrogens with two attached hydrogens (primary N) is 2. The van der Waals surface area contributed by atoms with Crippen molar-refractivity contribution >= 4 is 28.4 Å². The van der Waals surface area contributed by atoms with Gasteiger partial charge in [-0.05, 0) is 37.5 Å². The van der Waals surface area contributed by atoms with Crippen LogP contribution in [0, 0.1) is 6.92 Å². The van der Waals surface area contributed by atoms with Gasteiger partial charge in [0, 0.05) is 29.4 Å². The number of aliphatic hydroxyl groups is 1. The molecule has 2 aromatic heterocycles. The van der Waals surface area contributed by atoms with Crippen LogP contribution < -0.4 is 22.1 Å². The normalized spacial score (nSPS) is 20.2. The Labute approximate surface area is 177 Å². The largest absolute Gasteiger partial charge is 0.373 e. The zero-order valence-corrected chi connectivity index (χ0v) is 17.0. The second-order valence-electron chi connectivity index (χ2n) is 7.75. The summed E-state index contributed by atoms with van der Waals surface area (Å²) in [5.74, 6) is 0.456. The maximum atomic E-state index is 13.0. The molecule has 1 aliphatic carbocycles. The van der Waals surface area contributed by atoms with E-state index in [-0.39, 0.29) is 29.5 Å². The summed E-state index contributed by atoms with van der Waals surface area (Å²) in [4.78, 5) is 4.42. The van der Waals surface area contributed by atoms with Gasteiger partial charge < -0.3 is 27.2 Å². The lowest BCUT2D eigenvalue weighted by Crippen LogP contribution is -2.43. The number of anilines is 3. The van der Waals surface area contributed by atoms with E-state index in [1.807, 2.05) is 0 Å². The molecule has 166 valence electrons. The highest BCUT2D eigenvalue weighted by Gasteiger charge is 2.23. The van der Waals surface area contributed by atoms with E-state index in [9.17, 15) is 13.9 Å². The van der Waals surface area contributed by atoms with Gasteiger partial charge in [-0.15, -0.1) is 10.2 Å². The molecule has 1 unspecified atom stereocenters. The summed E-state index contributed by atoms with van der Waals surface area (Å²) in [5.41, 5.74) is 13.5. The van der Waals surface area contributed by atoms with Crippen molar-refractivity contribution in [1.82, 2.24) is 25.0 Å².